The lowest BCUT2D eigenvalue weighted by molar-refractivity contribution is -0.115. The summed E-state index contributed by atoms with van der Waals surface area (Å²) in [5, 5.41) is 7.03. The average molecular weight is 404 g/mol. The van der Waals surface area contributed by atoms with Gasteiger partial charge in [0, 0.05) is 30.8 Å². The van der Waals surface area contributed by atoms with Gasteiger partial charge in [-0.25, -0.2) is 4.79 Å². The Morgan fingerprint density at radius 2 is 1.33 bits per heavy atom. The van der Waals surface area contributed by atoms with Crippen molar-refractivity contribution in [3.8, 4) is 0 Å². The fraction of sp³-hybridized carbons (Fsp3) is 0.130. The Balaban J connectivity index is 1.74. The van der Waals surface area contributed by atoms with E-state index in [2.05, 4.69) is 10.6 Å². The van der Waals surface area contributed by atoms with Crippen LogP contribution in [-0.4, -0.2) is 30.2 Å². The minimum absolute atomic E-state index is 0.0938. The zero-order valence-electron chi connectivity index (χ0n) is 16.5. The Kier molecular flexibility index (Phi) is 6.22. The zero-order chi connectivity index (χ0) is 21.7. The lowest BCUT2D eigenvalue weighted by Crippen LogP contribution is -2.16. The first-order valence-corrected chi connectivity index (χ1v) is 9.21. The monoisotopic (exact) mass is 404 g/mol. The normalized spacial score (nSPS) is 10.3. The highest BCUT2D eigenvalue weighted by molar-refractivity contribution is 6.03. The van der Waals surface area contributed by atoms with Gasteiger partial charge in [0.15, 0.2) is 12.4 Å². The molecule has 0 unspecified atom stereocenters. The molecule has 0 aliphatic heterocycles. The number of ether oxygens (including phenoxy) is 1. The molecule has 0 radical (unpaired) electrons. The summed E-state index contributed by atoms with van der Waals surface area (Å²) in [6.07, 6.45) is 0. The van der Waals surface area contributed by atoms with Crippen molar-refractivity contribution in [1.82, 2.24) is 0 Å². The van der Waals surface area contributed by atoms with Crippen molar-refractivity contribution in [2.75, 3.05) is 17.2 Å². The average Bonchev–Trinajstić information content (AvgIpc) is 2.70. The van der Waals surface area contributed by atoms with Crippen molar-refractivity contribution in [2.45, 2.75) is 13.8 Å². The summed E-state index contributed by atoms with van der Waals surface area (Å²) in [4.78, 5) is 47.6. The maximum Gasteiger partial charge on any atom is 0.338 e. The Labute approximate surface area is 173 Å². The number of amides is 2. The first-order chi connectivity index (χ1) is 14.3. The molecule has 3 rings (SSSR count). The van der Waals surface area contributed by atoms with Crippen molar-refractivity contribution in [3.05, 3.63) is 71.8 Å². The third kappa shape index (κ3) is 5.29. The van der Waals surface area contributed by atoms with Gasteiger partial charge in [-0.2, -0.15) is 0 Å². The van der Waals surface area contributed by atoms with Crippen molar-refractivity contribution < 1.29 is 23.9 Å². The molecule has 0 aliphatic carbocycles. The lowest BCUT2D eigenvalue weighted by atomic mass is 10.0. The molecule has 0 saturated heterocycles. The number of anilines is 2. The number of esters is 1. The SMILES string of the molecule is CC(=O)Nc1cc(NC(C)=O)cc(C(=O)OCC(=O)c2ccc3ccccc3c2)c1. The van der Waals surface area contributed by atoms with E-state index in [4.69, 9.17) is 4.74 Å². The number of fused-ring (bicyclic) bond motifs is 1. The highest BCUT2D eigenvalue weighted by Crippen LogP contribution is 2.21. The van der Waals surface area contributed by atoms with E-state index in [0.29, 0.717) is 16.9 Å². The number of benzene rings is 3. The second kappa shape index (κ2) is 9.00. The fourth-order valence-electron chi connectivity index (χ4n) is 2.96. The zero-order valence-corrected chi connectivity index (χ0v) is 16.5. The molecule has 7 nitrogen and oxygen atoms in total. The number of nitrogens with one attached hydrogen (secondary N) is 2. The summed E-state index contributed by atoms with van der Waals surface area (Å²) in [7, 11) is 0. The third-order valence-electron chi connectivity index (χ3n) is 4.22. The predicted molar refractivity (Wildman–Crippen MR) is 114 cm³/mol. The molecule has 0 spiro atoms. The molecule has 0 fully saturated rings. The minimum atomic E-state index is -0.747. The predicted octanol–water partition coefficient (Wildman–Crippen LogP) is 3.80. The number of Topliss-reactive ketones (excluding diaryl/α,β-unsaturated/α-hetero) is 1. The van der Waals surface area contributed by atoms with Crippen LogP contribution in [0.5, 0.6) is 0 Å². The quantitative estimate of drug-likeness (QED) is 0.481. The number of rotatable bonds is 6. The van der Waals surface area contributed by atoms with Crippen molar-refractivity contribution in [1.29, 1.82) is 0 Å². The maximum absolute atomic E-state index is 12.5. The Hall–Kier alpha value is -4.00. The van der Waals surface area contributed by atoms with Crippen LogP contribution in [0.2, 0.25) is 0 Å². The topological polar surface area (TPSA) is 102 Å². The van der Waals surface area contributed by atoms with E-state index in [0.717, 1.165) is 10.8 Å². The molecule has 30 heavy (non-hydrogen) atoms. The van der Waals surface area contributed by atoms with E-state index in [1.165, 1.54) is 32.0 Å². The lowest BCUT2D eigenvalue weighted by Gasteiger charge is -2.11. The molecular weight excluding hydrogens is 384 g/mol. The summed E-state index contributed by atoms with van der Waals surface area (Å²) in [5.41, 5.74) is 1.17. The Bertz CT molecular complexity index is 1120. The van der Waals surface area contributed by atoms with Gasteiger partial charge in [0.2, 0.25) is 11.8 Å². The summed E-state index contributed by atoms with van der Waals surface area (Å²) in [6.45, 7) is 2.22. The Morgan fingerprint density at radius 3 is 1.93 bits per heavy atom. The van der Waals surface area contributed by atoms with Crippen LogP contribution in [0.4, 0.5) is 11.4 Å². The van der Waals surface area contributed by atoms with Gasteiger partial charge in [0.05, 0.1) is 5.56 Å². The highest BCUT2D eigenvalue weighted by atomic mass is 16.5. The molecule has 152 valence electrons. The standard InChI is InChI=1S/C23H20N2O5/c1-14(26)24-20-10-19(11-21(12-20)25-15(2)27)23(29)30-13-22(28)18-8-7-16-5-3-4-6-17(16)9-18/h3-12H,13H2,1-2H3,(H,24,26)(H,25,27). The van der Waals surface area contributed by atoms with Crippen LogP contribution in [0.3, 0.4) is 0 Å². The number of hydrogen-bond acceptors (Lipinski definition) is 5. The number of carbonyl (C=O) groups is 4. The van der Waals surface area contributed by atoms with Crippen molar-refractivity contribution in [3.63, 3.8) is 0 Å². The summed E-state index contributed by atoms with van der Waals surface area (Å²) < 4.78 is 5.16. The van der Waals surface area contributed by atoms with E-state index in [1.807, 2.05) is 30.3 Å². The number of carbonyl (C=O) groups excluding carboxylic acids is 4. The molecule has 0 aliphatic rings. The van der Waals surface area contributed by atoms with Crippen LogP contribution >= 0.6 is 0 Å². The minimum Gasteiger partial charge on any atom is -0.454 e. The molecule has 2 amide bonds. The summed E-state index contributed by atoms with van der Waals surface area (Å²) in [6, 6.07) is 17.2. The largest absolute Gasteiger partial charge is 0.454 e. The molecule has 0 bridgehead atoms. The first kappa shape index (κ1) is 20.7. The number of ketones is 1. The molecule has 7 heteroatoms. The van der Waals surface area contributed by atoms with Gasteiger partial charge in [-0.3, -0.25) is 14.4 Å². The van der Waals surface area contributed by atoms with E-state index < -0.39 is 12.6 Å². The van der Waals surface area contributed by atoms with Gasteiger partial charge in [-0.1, -0.05) is 36.4 Å². The van der Waals surface area contributed by atoms with Crippen LogP contribution in [0.1, 0.15) is 34.6 Å². The smallest absolute Gasteiger partial charge is 0.338 e. The second-order valence-electron chi connectivity index (χ2n) is 6.72. The van der Waals surface area contributed by atoms with E-state index >= 15 is 0 Å². The highest BCUT2D eigenvalue weighted by Gasteiger charge is 2.15. The molecule has 0 saturated carbocycles. The van der Waals surface area contributed by atoms with Crippen molar-refractivity contribution in [2.24, 2.45) is 0 Å². The third-order valence-corrected chi connectivity index (χ3v) is 4.22. The number of hydrogen-bond donors (Lipinski definition) is 2. The van der Waals surface area contributed by atoms with E-state index in [-0.39, 0.29) is 23.2 Å². The molecule has 0 heterocycles. The first-order valence-electron chi connectivity index (χ1n) is 9.21. The van der Waals surface area contributed by atoms with Crippen LogP contribution < -0.4 is 10.6 Å². The van der Waals surface area contributed by atoms with Crippen LogP contribution in [0.15, 0.2) is 60.7 Å². The maximum atomic E-state index is 12.5. The molecule has 2 N–H and O–H groups in total. The molecular formula is C23H20N2O5. The van der Waals surface area contributed by atoms with E-state index in [9.17, 15) is 19.2 Å². The van der Waals surface area contributed by atoms with Crippen LogP contribution in [-0.2, 0) is 14.3 Å². The fourth-order valence-corrected chi connectivity index (χ4v) is 2.96. The van der Waals surface area contributed by atoms with Crippen molar-refractivity contribution >= 4 is 45.7 Å². The molecule has 0 aromatic heterocycles. The van der Waals surface area contributed by atoms with Crippen LogP contribution in [0.25, 0.3) is 10.8 Å². The van der Waals surface area contributed by atoms with Gasteiger partial charge in [-0.15, -0.1) is 0 Å². The van der Waals surface area contributed by atoms with Gasteiger partial charge in [0.25, 0.3) is 0 Å². The summed E-state index contributed by atoms with van der Waals surface area (Å²) >= 11 is 0. The van der Waals surface area contributed by atoms with Gasteiger partial charge in [-0.05, 0) is 35.0 Å². The van der Waals surface area contributed by atoms with Gasteiger partial charge in [0.1, 0.15) is 0 Å². The Morgan fingerprint density at radius 1 is 0.733 bits per heavy atom. The van der Waals surface area contributed by atoms with Crippen LogP contribution in [0, 0.1) is 0 Å². The molecule has 0 atom stereocenters. The van der Waals surface area contributed by atoms with E-state index in [1.54, 1.807) is 12.1 Å². The van der Waals surface area contributed by atoms with Gasteiger partial charge >= 0.3 is 5.97 Å². The second-order valence-corrected chi connectivity index (χ2v) is 6.72. The molecule has 3 aromatic carbocycles. The molecule has 3 aromatic rings. The summed E-state index contributed by atoms with van der Waals surface area (Å²) in [5.74, 6) is -1.75. The van der Waals surface area contributed by atoms with Gasteiger partial charge < -0.3 is 15.4 Å².